The third kappa shape index (κ3) is 3.07. The summed E-state index contributed by atoms with van der Waals surface area (Å²) in [5.41, 5.74) is 1.98. The standard InChI is InChI=1S/C17H20N4OS/c1-11(13-9-21(4)10-18-13)19-17(22)16-8-12-14(20(2)3)6-5-7-15(12)23-16/h5-11H,1-4H3,(H,19,22). The Hall–Kier alpha value is -2.34. The molecule has 1 aromatic carbocycles. The molecule has 0 saturated carbocycles. The average Bonchev–Trinajstić information content (AvgIpc) is 3.12. The third-order valence-corrected chi connectivity index (χ3v) is 4.86. The summed E-state index contributed by atoms with van der Waals surface area (Å²) in [5.74, 6) is -0.0611. The van der Waals surface area contributed by atoms with Crippen LogP contribution in [0.3, 0.4) is 0 Å². The molecule has 0 spiro atoms. The second kappa shape index (κ2) is 6.04. The fourth-order valence-corrected chi connectivity index (χ4v) is 3.53. The number of amides is 1. The van der Waals surface area contributed by atoms with Crippen molar-refractivity contribution in [3.63, 3.8) is 0 Å². The molecule has 1 atom stereocenters. The Kier molecular flexibility index (Phi) is 4.09. The SMILES string of the molecule is CC(NC(=O)c1cc2c(N(C)C)cccc2s1)c1cn(C)cn1. The van der Waals surface area contributed by atoms with E-state index in [2.05, 4.69) is 21.3 Å². The highest BCUT2D eigenvalue weighted by molar-refractivity contribution is 7.20. The van der Waals surface area contributed by atoms with Crippen LogP contribution in [-0.2, 0) is 7.05 Å². The summed E-state index contributed by atoms with van der Waals surface area (Å²) in [4.78, 5) is 19.6. The van der Waals surface area contributed by atoms with Gasteiger partial charge in [-0.05, 0) is 25.1 Å². The molecule has 0 aliphatic heterocycles. The van der Waals surface area contributed by atoms with Gasteiger partial charge in [0.2, 0.25) is 0 Å². The molecular formula is C17H20N4OS. The molecule has 1 unspecified atom stereocenters. The molecule has 3 aromatic rings. The zero-order valence-electron chi connectivity index (χ0n) is 13.7. The maximum absolute atomic E-state index is 12.5. The van der Waals surface area contributed by atoms with Crippen molar-refractivity contribution < 1.29 is 4.79 Å². The molecule has 23 heavy (non-hydrogen) atoms. The fourth-order valence-electron chi connectivity index (χ4n) is 2.55. The molecule has 0 fully saturated rings. The lowest BCUT2D eigenvalue weighted by atomic mass is 10.2. The molecule has 2 aromatic heterocycles. The number of thiophene rings is 1. The van der Waals surface area contributed by atoms with E-state index in [4.69, 9.17) is 0 Å². The van der Waals surface area contributed by atoms with Crippen LogP contribution in [0.4, 0.5) is 5.69 Å². The first-order chi connectivity index (χ1) is 11.0. The van der Waals surface area contributed by atoms with Crippen LogP contribution in [0.15, 0.2) is 36.8 Å². The van der Waals surface area contributed by atoms with Crippen molar-refractivity contribution >= 4 is 33.0 Å². The normalized spacial score (nSPS) is 12.3. The second-order valence-corrected chi connectivity index (χ2v) is 6.94. The summed E-state index contributed by atoms with van der Waals surface area (Å²) in [5, 5.41) is 4.13. The summed E-state index contributed by atoms with van der Waals surface area (Å²) >= 11 is 1.52. The van der Waals surface area contributed by atoms with E-state index in [9.17, 15) is 4.79 Å². The van der Waals surface area contributed by atoms with E-state index < -0.39 is 0 Å². The Balaban J connectivity index is 1.85. The number of imidazole rings is 1. The van der Waals surface area contributed by atoms with Crippen molar-refractivity contribution in [2.75, 3.05) is 19.0 Å². The van der Waals surface area contributed by atoms with Gasteiger partial charge < -0.3 is 14.8 Å². The van der Waals surface area contributed by atoms with Crippen LogP contribution in [0.5, 0.6) is 0 Å². The Morgan fingerprint density at radius 2 is 2.17 bits per heavy atom. The van der Waals surface area contributed by atoms with Crippen LogP contribution in [0.2, 0.25) is 0 Å². The number of hydrogen-bond acceptors (Lipinski definition) is 4. The van der Waals surface area contributed by atoms with Crippen LogP contribution < -0.4 is 10.2 Å². The molecular weight excluding hydrogens is 308 g/mol. The number of rotatable bonds is 4. The minimum Gasteiger partial charge on any atom is -0.377 e. The summed E-state index contributed by atoms with van der Waals surface area (Å²) in [7, 11) is 5.93. The van der Waals surface area contributed by atoms with Gasteiger partial charge in [-0.15, -0.1) is 11.3 Å². The number of aromatic nitrogens is 2. The first-order valence-corrected chi connectivity index (χ1v) is 8.26. The lowest BCUT2D eigenvalue weighted by Gasteiger charge is -2.13. The topological polar surface area (TPSA) is 50.2 Å². The number of carbonyl (C=O) groups excluding carboxylic acids is 1. The molecule has 1 amide bonds. The number of fused-ring (bicyclic) bond motifs is 1. The van der Waals surface area contributed by atoms with Crippen molar-refractivity contribution in [1.29, 1.82) is 0 Å². The zero-order chi connectivity index (χ0) is 16.6. The molecule has 0 saturated heterocycles. The maximum atomic E-state index is 12.5. The van der Waals surface area contributed by atoms with Gasteiger partial charge in [0.1, 0.15) is 0 Å². The highest BCUT2D eigenvalue weighted by atomic mass is 32.1. The molecule has 0 aliphatic carbocycles. The third-order valence-electron chi connectivity index (χ3n) is 3.76. The van der Waals surface area contributed by atoms with Gasteiger partial charge in [-0.2, -0.15) is 0 Å². The fraction of sp³-hybridized carbons (Fsp3) is 0.294. The van der Waals surface area contributed by atoms with E-state index in [0.717, 1.165) is 26.3 Å². The molecule has 5 nitrogen and oxygen atoms in total. The first-order valence-electron chi connectivity index (χ1n) is 7.44. The molecule has 3 rings (SSSR count). The van der Waals surface area contributed by atoms with E-state index in [0.29, 0.717) is 0 Å². The van der Waals surface area contributed by atoms with Gasteiger partial charge >= 0.3 is 0 Å². The number of hydrogen-bond donors (Lipinski definition) is 1. The van der Waals surface area contributed by atoms with Gasteiger partial charge in [0.05, 0.1) is 22.9 Å². The van der Waals surface area contributed by atoms with Crippen molar-refractivity contribution in [2.45, 2.75) is 13.0 Å². The summed E-state index contributed by atoms with van der Waals surface area (Å²) in [6.45, 7) is 1.94. The molecule has 120 valence electrons. The van der Waals surface area contributed by atoms with Crippen LogP contribution in [-0.4, -0.2) is 29.6 Å². The van der Waals surface area contributed by atoms with Gasteiger partial charge in [-0.3, -0.25) is 4.79 Å². The average molecular weight is 328 g/mol. The smallest absolute Gasteiger partial charge is 0.261 e. The van der Waals surface area contributed by atoms with Crippen molar-refractivity contribution in [1.82, 2.24) is 14.9 Å². The van der Waals surface area contributed by atoms with Gasteiger partial charge in [-0.25, -0.2) is 4.98 Å². The first kappa shape index (κ1) is 15.6. The Morgan fingerprint density at radius 1 is 1.39 bits per heavy atom. The predicted octanol–water partition coefficient (Wildman–Crippen LogP) is 3.19. The molecule has 6 heteroatoms. The number of nitrogens with one attached hydrogen (secondary N) is 1. The monoisotopic (exact) mass is 328 g/mol. The van der Waals surface area contributed by atoms with Crippen molar-refractivity contribution in [3.05, 3.63) is 47.4 Å². The minimum atomic E-state index is -0.123. The van der Waals surface area contributed by atoms with Gasteiger partial charge in [0.15, 0.2) is 0 Å². The second-order valence-electron chi connectivity index (χ2n) is 5.85. The van der Waals surface area contributed by atoms with Crippen LogP contribution in [0, 0.1) is 0 Å². The Labute approximate surface area is 139 Å². The number of nitrogens with zero attached hydrogens (tertiary/aromatic N) is 3. The van der Waals surface area contributed by atoms with E-state index in [-0.39, 0.29) is 11.9 Å². The number of aryl methyl sites for hydroxylation is 1. The number of anilines is 1. The summed E-state index contributed by atoms with van der Waals surface area (Å²) in [6.07, 6.45) is 3.65. The van der Waals surface area contributed by atoms with E-state index in [1.54, 1.807) is 6.33 Å². The zero-order valence-corrected chi connectivity index (χ0v) is 14.5. The van der Waals surface area contributed by atoms with Crippen LogP contribution in [0.25, 0.3) is 10.1 Å². The quantitative estimate of drug-likeness (QED) is 0.800. The Morgan fingerprint density at radius 3 is 2.83 bits per heavy atom. The lowest BCUT2D eigenvalue weighted by Crippen LogP contribution is -2.26. The number of benzene rings is 1. The highest BCUT2D eigenvalue weighted by Crippen LogP contribution is 2.32. The largest absolute Gasteiger partial charge is 0.377 e. The summed E-state index contributed by atoms with van der Waals surface area (Å²) < 4.78 is 2.99. The van der Waals surface area contributed by atoms with Gasteiger partial charge in [0, 0.05) is 43.1 Å². The van der Waals surface area contributed by atoms with Gasteiger partial charge in [-0.1, -0.05) is 6.07 Å². The van der Waals surface area contributed by atoms with Crippen molar-refractivity contribution in [2.24, 2.45) is 7.05 Å². The molecule has 2 heterocycles. The molecule has 1 N–H and O–H groups in total. The van der Waals surface area contributed by atoms with E-state index in [1.165, 1.54) is 11.3 Å². The highest BCUT2D eigenvalue weighted by Gasteiger charge is 2.16. The minimum absolute atomic E-state index is 0.0611. The van der Waals surface area contributed by atoms with Crippen LogP contribution in [0.1, 0.15) is 28.3 Å². The lowest BCUT2D eigenvalue weighted by molar-refractivity contribution is 0.0943. The van der Waals surface area contributed by atoms with E-state index in [1.807, 2.05) is 57.0 Å². The number of carbonyl (C=O) groups is 1. The predicted molar refractivity (Wildman–Crippen MR) is 95.2 cm³/mol. The summed E-state index contributed by atoms with van der Waals surface area (Å²) in [6, 6.07) is 7.98. The molecule has 0 aliphatic rings. The van der Waals surface area contributed by atoms with Crippen LogP contribution >= 0.6 is 11.3 Å². The van der Waals surface area contributed by atoms with E-state index >= 15 is 0 Å². The molecule has 0 radical (unpaired) electrons. The Bertz CT molecular complexity index is 849. The van der Waals surface area contributed by atoms with Gasteiger partial charge in [0.25, 0.3) is 5.91 Å². The molecule has 0 bridgehead atoms. The maximum Gasteiger partial charge on any atom is 0.261 e. The van der Waals surface area contributed by atoms with Crippen molar-refractivity contribution in [3.8, 4) is 0 Å².